The number of anilines is 2. The van der Waals surface area contributed by atoms with E-state index in [0.717, 1.165) is 62.8 Å². The van der Waals surface area contributed by atoms with Crippen molar-refractivity contribution in [2.24, 2.45) is 16.6 Å². The van der Waals surface area contributed by atoms with Crippen LogP contribution in [0.2, 0.25) is 0 Å². The molecular formula is C24H38N6O5. The van der Waals surface area contributed by atoms with Crippen molar-refractivity contribution >= 4 is 35.3 Å². The van der Waals surface area contributed by atoms with Crippen molar-refractivity contribution in [3.8, 4) is 0 Å². The molecule has 0 aliphatic carbocycles. The van der Waals surface area contributed by atoms with Crippen LogP contribution in [0.15, 0.2) is 29.3 Å². The molecular weight excluding hydrogens is 452 g/mol. The molecule has 3 rings (SSSR count). The van der Waals surface area contributed by atoms with Gasteiger partial charge < -0.3 is 36.1 Å². The van der Waals surface area contributed by atoms with Crippen molar-refractivity contribution in [3.63, 3.8) is 0 Å². The summed E-state index contributed by atoms with van der Waals surface area (Å²) in [6, 6.07) is 8.28. The minimum Gasteiger partial charge on any atom is -0.469 e. The van der Waals surface area contributed by atoms with Crippen LogP contribution < -0.4 is 26.6 Å². The number of nitrogens with two attached hydrogens (primary N) is 1. The van der Waals surface area contributed by atoms with Gasteiger partial charge in [0.1, 0.15) is 0 Å². The molecule has 2 aliphatic heterocycles. The Morgan fingerprint density at radius 2 is 2.00 bits per heavy atom. The molecule has 0 unspecified atom stereocenters. The van der Waals surface area contributed by atoms with Crippen molar-refractivity contribution in [1.29, 1.82) is 0 Å². The van der Waals surface area contributed by atoms with Crippen molar-refractivity contribution < 1.29 is 23.9 Å². The average molecular weight is 491 g/mol. The van der Waals surface area contributed by atoms with Crippen LogP contribution in [-0.2, 0) is 19.1 Å². The van der Waals surface area contributed by atoms with Crippen LogP contribution in [0.5, 0.6) is 0 Å². The van der Waals surface area contributed by atoms with Gasteiger partial charge in [0.15, 0.2) is 5.96 Å². The smallest absolute Gasteiger partial charge is 0.404 e. The van der Waals surface area contributed by atoms with Crippen LogP contribution in [0, 0.1) is 5.92 Å². The molecule has 0 atom stereocenters. The Labute approximate surface area is 206 Å². The zero-order valence-electron chi connectivity index (χ0n) is 20.8. The van der Waals surface area contributed by atoms with Gasteiger partial charge in [-0.1, -0.05) is 6.07 Å². The van der Waals surface area contributed by atoms with Gasteiger partial charge in [-0.2, -0.15) is 0 Å². The van der Waals surface area contributed by atoms with E-state index in [0.29, 0.717) is 6.54 Å². The molecule has 0 radical (unpaired) electrons. The van der Waals surface area contributed by atoms with E-state index in [4.69, 9.17) is 0 Å². The summed E-state index contributed by atoms with van der Waals surface area (Å²) in [4.78, 5) is 40.0. The summed E-state index contributed by atoms with van der Waals surface area (Å²) >= 11 is 0. The van der Waals surface area contributed by atoms with Gasteiger partial charge in [0.25, 0.3) is 0 Å². The topological polar surface area (TPSA) is 147 Å². The molecule has 0 spiro atoms. The molecule has 35 heavy (non-hydrogen) atoms. The average Bonchev–Trinajstić information content (AvgIpc) is 2.84. The third-order valence-electron chi connectivity index (χ3n) is 5.44. The van der Waals surface area contributed by atoms with Gasteiger partial charge in [-0.25, -0.2) is 4.79 Å². The number of aliphatic imine (C=N–C) groups is 1. The summed E-state index contributed by atoms with van der Waals surface area (Å²) in [5, 5.41) is 9.44. The maximum absolute atomic E-state index is 12.3. The third kappa shape index (κ3) is 10.5. The Morgan fingerprint density at radius 3 is 2.57 bits per heavy atom. The van der Waals surface area contributed by atoms with Crippen molar-refractivity contribution in [3.05, 3.63) is 24.3 Å². The predicted molar refractivity (Wildman–Crippen MR) is 135 cm³/mol. The minimum atomic E-state index is -0.713. The van der Waals surface area contributed by atoms with Gasteiger partial charge in [0.2, 0.25) is 5.91 Å². The molecule has 1 fully saturated rings. The van der Waals surface area contributed by atoms with Crippen molar-refractivity contribution in [2.75, 3.05) is 50.1 Å². The SMILES string of the molecule is CC(C)OC(N)=O.COC(=O)CCNC(=O)C1CCN(c2cccc(NC3=NCCCN3)c2)CC1. The highest BCUT2D eigenvalue weighted by Gasteiger charge is 2.25. The molecule has 2 amide bonds. The Morgan fingerprint density at radius 1 is 1.26 bits per heavy atom. The molecule has 11 heteroatoms. The second-order valence-corrected chi connectivity index (χ2v) is 8.55. The van der Waals surface area contributed by atoms with Crippen molar-refractivity contribution in [2.45, 2.75) is 45.6 Å². The largest absolute Gasteiger partial charge is 0.469 e. The predicted octanol–water partition coefficient (Wildman–Crippen LogP) is 1.83. The number of amides is 2. The van der Waals surface area contributed by atoms with Gasteiger partial charge in [-0.05, 0) is 51.3 Å². The summed E-state index contributed by atoms with van der Waals surface area (Å²) in [5.74, 6) is 0.542. The number of benzene rings is 1. The van der Waals surface area contributed by atoms with Crippen molar-refractivity contribution in [1.82, 2.24) is 10.6 Å². The normalized spacial score (nSPS) is 15.7. The molecule has 2 heterocycles. The lowest BCUT2D eigenvalue weighted by Gasteiger charge is -2.33. The number of ether oxygens (including phenoxy) is 2. The molecule has 11 nitrogen and oxygen atoms in total. The quantitative estimate of drug-likeness (QED) is 0.423. The summed E-state index contributed by atoms with van der Waals surface area (Å²) in [5.41, 5.74) is 6.78. The van der Waals surface area contributed by atoms with E-state index >= 15 is 0 Å². The molecule has 2 aliphatic rings. The zero-order chi connectivity index (χ0) is 25.6. The van der Waals surface area contributed by atoms with Crippen LogP contribution in [0.4, 0.5) is 16.2 Å². The number of nitrogens with one attached hydrogen (secondary N) is 3. The molecule has 0 aromatic heterocycles. The third-order valence-corrected chi connectivity index (χ3v) is 5.44. The number of carbonyl (C=O) groups excluding carboxylic acids is 3. The number of primary amides is 1. The number of piperidine rings is 1. The Hall–Kier alpha value is -3.50. The number of guanidine groups is 1. The standard InChI is InChI=1S/C20H29N5O3.C4H9NO2/c1-28-18(26)6-11-21-19(27)15-7-12-25(13-8-15)17-5-2-4-16(14-17)24-20-22-9-3-10-23-20;1-3(2)7-4(5)6/h2,4-5,14-15H,3,6-13H2,1H3,(H,21,27)(H2,22,23,24);3H,1-2H3,(H2,5,6). The fourth-order valence-corrected chi connectivity index (χ4v) is 3.70. The minimum absolute atomic E-state index is 0.00370. The fraction of sp³-hybridized carbons (Fsp3) is 0.583. The van der Waals surface area contributed by atoms with E-state index in [9.17, 15) is 14.4 Å². The Bertz CT molecular complexity index is 868. The molecule has 0 bridgehead atoms. The number of methoxy groups -OCH3 is 1. The summed E-state index contributed by atoms with van der Waals surface area (Å²) in [6.07, 6.45) is 2.07. The first-order chi connectivity index (χ1) is 16.8. The summed E-state index contributed by atoms with van der Waals surface area (Å²) in [7, 11) is 1.35. The number of carbonyl (C=O) groups is 3. The monoisotopic (exact) mass is 490 g/mol. The Kier molecular flexibility index (Phi) is 11.6. The number of nitrogens with zero attached hydrogens (tertiary/aromatic N) is 2. The van der Waals surface area contributed by atoms with E-state index in [-0.39, 0.29) is 30.3 Å². The lowest BCUT2D eigenvalue weighted by atomic mass is 9.95. The maximum atomic E-state index is 12.3. The highest BCUT2D eigenvalue weighted by molar-refractivity contribution is 5.94. The molecule has 1 aromatic carbocycles. The highest BCUT2D eigenvalue weighted by Crippen LogP contribution is 2.25. The second-order valence-electron chi connectivity index (χ2n) is 8.55. The van der Waals surface area contributed by atoms with Gasteiger partial charge in [0.05, 0.1) is 19.6 Å². The molecule has 5 N–H and O–H groups in total. The van der Waals surface area contributed by atoms with E-state index in [1.807, 2.05) is 12.1 Å². The number of hydrogen-bond acceptors (Lipinski definition) is 9. The molecule has 0 saturated carbocycles. The first-order valence-corrected chi connectivity index (χ1v) is 12.0. The fourth-order valence-electron chi connectivity index (χ4n) is 3.70. The number of esters is 1. The van der Waals surface area contributed by atoms with Gasteiger partial charge in [0, 0.05) is 50.0 Å². The van der Waals surface area contributed by atoms with E-state index in [2.05, 4.69) is 53.2 Å². The van der Waals surface area contributed by atoms with Crippen LogP contribution in [0.25, 0.3) is 0 Å². The first kappa shape index (κ1) is 27.7. The summed E-state index contributed by atoms with van der Waals surface area (Å²) in [6.45, 7) is 7.27. The van der Waals surface area contributed by atoms with Crippen LogP contribution in [0.1, 0.15) is 39.5 Å². The van der Waals surface area contributed by atoms with Crippen LogP contribution in [-0.4, -0.2) is 69.9 Å². The maximum Gasteiger partial charge on any atom is 0.404 e. The molecule has 1 saturated heterocycles. The first-order valence-electron chi connectivity index (χ1n) is 12.0. The van der Waals surface area contributed by atoms with E-state index in [1.165, 1.54) is 7.11 Å². The van der Waals surface area contributed by atoms with Gasteiger partial charge in [-0.15, -0.1) is 0 Å². The lowest BCUT2D eigenvalue weighted by Crippen LogP contribution is -2.41. The van der Waals surface area contributed by atoms with Gasteiger partial charge >= 0.3 is 12.1 Å². The number of hydrogen-bond donors (Lipinski definition) is 4. The highest BCUT2D eigenvalue weighted by atomic mass is 16.6. The molecule has 1 aromatic rings. The lowest BCUT2D eigenvalue weighted by molar-refractivity contribution is -0.140. The van der Waals surface area contributed by atoms with E-state index < -0.39 is 6.09 Å². The van der Waals surface area contributed by atoms with E-state index in [1.54, 1.807) is 13.8 Å². The number of rotatable bonds is 7. The summed E-state index contributed by atoms with van der Waals surface area (Å²) < 4.78 is 8.97. The molecule has 194 valence electrons. The van der Waals surface area contributed by atoms with Crippen LogP contribution in [0.3, 0.4) is 0 Å². The Balaban J connectivity index is 0.000000540. The zero-order valence-corrected chi connectivity index (χ0v) is 20.8. The van der Waals surface area contributed by atoms with Gasteiger partial charge in [-0.3, -0.25) is 14.6 Å². The van der Waals surface area contributed by atoms with Crippen LogP contribution >= 0.6 is 0 Å². The second kappa shape index (κ2) is 14.7.